The Balaban J connectivity index is 2.28. The maximum Gasteiger partial charge on any atom is 0.189 e. The topological polar surface area (TPSA) is 68.3 Å². The van der Waals surface area contributed by atoms with Crippen molar-refractivity contribution in [2.75, 3.05) is 6.79 Å². The Kier molecular flexibility index (Phi) is 3.58. The fourth-order valence-electron chi connectivity index (χ4n) is 1.52. The van der Waals surface area contributed by atoms with E-state index in [0.717, 1.165) is 16.9 Å². The highest BCUT2D eigenvalue weighted by Gasteiger charge is 2.16. The monoisotopic (exact) mass is 258 g/mol. The average Bonchev–Trinajstić information content (AvgIpc) is 2.25. The molecule has 1 heterocycles. The molecule has 0 fully saturated rings. The number of amidine groups is 1. The molecule has 1 aromatic rings. The first-order valence-electron chi connectivity index (χ1n) is 4.65. The number of fused-ring (bicyclic) bond motifs is 1. The third kappa shape index (κ3) is 2.61. The lowest BCUT2D eigenvalue weighted by Gasteiger charge is -2.20. The zero-order valence-corrected chi connectivity index (χ0v) is 10.0. The maximum absolute atomic E-state index is 7.18. The molecule has 0 bridgehead atoms. The van der Waals surface area contributed by atoms with Crippen molar-refractivity contribution < 1.29 is 9.47 Å². The third-order valence-electron chi connectivity index (χ3n) is 2.13. The maximum atomic E-state index is 7.18. The van der Waals surface area contributed by atoms with E-state index in [2.05, 4.69) is 0 Å². The normalized spacial score (nSPS) is 14.1. The molecule has 0 saturated heterocycles. The number of hydrogen-bond acceptors (Lipinski definition) is 4. The number of thioether (sulfide) groups is 1. The molecule has 0 spiro atoms. The van der Waals surface area contributed by atoms with Crippen molar-refractivity contribution >= 4 is 28.5 Å². The van der Waals surface area contributed by atoms with Gasteiger partial charge in [0.05, 0.1) is 6.61 Å². The van der Waals surface area contributed by atoms with Gasteiger partial charge in [-0.1, -0.05) is 23.4 Å². The summed E-state index contributed by atoms with van der Waals surface area (Å²) in [6.07, 6.45) is 0. The van der Waals surface area contributed by atoms with Gasteiger partial charge in [-0.15, -0.1) is 0 Å². The van der Waals surface area contributed by atoms with Crippen molar-refractivity contribution in [1.82, 2.24) is 0 Å². The molecule has 0 aliphatic carbocycles. The highest BCUT2D eigenvalue weighted by Crippen LogP contribution is 2.33. The lowest BCUT2D eigenvalue weighted by molar-refractivity contribution is -0.0168. The van der Waals surface area contributed by atoms with E-state index in [9.17, 15) is 0 Å². The lowest BCUT2D eigenvalue weighted by atomic mass is 10.1. The van der Waals surface area contributed by atoms with E-state index >= 15 is 0 Å². The van der Waals surface area contributed by atoms with Gasteiger partial charge in [0, 0.05) is 21.9 Å². The van der Waals surface area contributed by atoms with Crippen LogP contribution in [-0.2, 0) is 17.1 Å². The van der Waals surface area contributed by atoms with Gasteiger partial charge in [0.1, 0.15) is 5.75 Å². The van der Waals surface area contributed by atoms with E-state index in [0.29, 0.717) is 17.4 Å². The summed E-state index contributed by atoms with van der Waals surface area (Å²) in [4.78, 5) is 0. The molecule has 2 rings (SSSR count). The van der Waals surface area contributed by atoms with E-state index in [1.807, 2.05) is 12.1 Å². The second-order valence-electron chi connectivity index (χ2n) is 3.32. The van der Waals surface area contributed by atoms with Crippen LogP contribution in [0.2, 0.25) is 5.02 Å². The quantitative estimate of drug-likeness (QED) is 0.631. The van der Waals surface area contributed by atoms with Gasteiger partial charge in [-0.2, -0.15) is 0 Å². The van der Waals surface area contributed by atoms with E-state index in [4.69, 9.17) is 32.2 Å². The van der Waals surface area contributed by atoms with Gasteiger partial charge in [0.15, 0.2) is 12.0 Å². The predicted octanol–water partition coefficient (Wildman–Crippen LogP) is 2.33. The number of ether oxygens (including phenoxy) is 2. The van der Waals surface area contributed by atoms with Crippen molar-refractivity contribution in [3.05, 3.63) is 28.3 Å². The third-order valence-corrected chi connectivity index (χ3v) is 3.12. The molecular weight excluding hydrogens is 248 g/mol. The molecule has 0 radical (unpaired) electrons. The number of nitrogens with two attached hydrogens (primary N) is 1. The fraction of sp³-hybridized carbons (Fsp3) is 0.300. The Bertz CT molecular complexity index is 426. The second-order valence-corrected chi connectivity index (χ2v) is 4.77. The van der Waals surface area contributed by atoms with Crippen LogP contribution in [0.5, 0.6) is 5.75 Å². The van der Waals surface area contributed by atoms with Crippen molar-refractivity contribution in [2.45, 2.75) is 12.4 Å². The van der Waals surface area contributed by atoms with Crippen LogP contribution in [0.3, 0.4) is 0 Å². The molecular formula is C10H11ClN2O2S. The number of hydrogen-bond donors (Lipinski definition) is 2. The summed E-state index contributed by atoms with van der Waals surface area (Å²) in [5, 5.41) is 7.91. The molecule has 4 nitrogen and oxygen atoms in total. The summed E-state index contributed by atoms with van der Waals surface area (Å²) in [5.41, 5.74) is 7.19. The zero-order chi connectivity index (χ0) is 11.5. The molecule has 0 unspecified atom stereocenters. The lowest BCUT2D eigenvalue weighted by Crippen LogP contribution is -2.13. The zero-order valence-electron chi connectivity index (χ0n) is 8.46. The van der Waals surface area contributed by atoms with Crippen molar-refractivity contribution in [3.8, 4) is 5.75 Å². The Morgan fingerprint density at radius 3 is 3.12 bits per heavy atom. The highest BCUT2D eigenvalue weighted by atomic mass is 35.5. The summed E-state index contributed by atoms with van der Waals surface area (Å²) in [5.74, 6) is 1.39. The van der Waals surface area contributed by atoms with Crippen LogP contribution in [0.25, 0.3) is 0 Å². The second kappa shape index (κ2) is 4.95. The molecule has 0 amide bonds. The predicted molar refractivity (Wildman–Crippen MR) is 64.9 cm³/mol. The minimum absolute atomic E-state index is 0.0841. The van der Waals surface area contributed by atoms with Crippen molar-refractivity contribution in [3.63, 3.8) is 0 Å². The minimum Gasteiger partial charge on any atom is -0.467 e. The van der Waals surface area contributed by atoms with Gasteiger partial charge in [0.25, 0.3) is 0 Å². The first-order valence-corrected chi connectivity index (χ1v) is 6.02. The Hall–Kier alpha value is -0.910. The average molecular weight is 259 g/mol. The van der Waals surface area contributed by atoms with E-state index in [-0.39, 0.29) is 12.0 Å². The highest BCUT2D eigenvalue weighted by molar-refractivity contribution is 8.13. The fourth-order valence-corrected chi connectivity index (χ4v) is 2.31. The van der Waals surface area contributed by atoms with Crippen molar-refractivity contribution in [2.24, 2.45) is 5.73 Å². The molecule has 1 aromatic carbocycles. The molecule has 1 aliphatic heterocycles. The van der Waals surface area contributed by atoms with Gasteiger partial charge in [0.2, 0.25) is 0 Å². The van der Waals surface area contributed by atoms with Gasteiger partial charge < -0.3 is 15.2 Å². The molecule has 0 atom stereocenters. The van der Waals surface area contributed by atoms with Crippen LogP contribution < -0.4 is 10.5 Å². The number of benzene rings is 1. The molecule has 1 aliphatic rings. The SMILES string of the molecule is N=C(N)SCc1cc(Cl)cc2c1OCOC2. The van der Waals surface area contributed by atoms with Crippen LogP contribution in [0.4, 0.5) is 0 Å². The van der Waals surface area contributed by atoms with Crippen LogP contribution in [-0.4, -0.2) is 12.0 Å². The van der Waals surface area contributed by atoms with E-state index < -0.39 is 0 Å². The number of rotatable bonds is 2. The molecule has 0 aromatic heterocycles. The van der Waals surface area contributed by atoms with Crippen molar-refractivity contribution in [1.29, 1.82) is 5.41 Å². The van der Waals surface area contributed by atoms with Crippen LogP contribution in [0.15, 0.2) is 12.1 Å². The standard InChI is InChI=1S/C10H11ClN2O2S/c11-8-1-6-3-14-5-15-9(6)7(2-8)4-16-10(12)13/h1-2H,3-5H2,(H3,12,13). The van der Waals surface area contributed by atoms with Gasteiger partial charge in [-0.3, -0.25) is 5.41 Å². The van der Waals surface area contributed by atoms with Crippen LogP contribution in [0, 0.1) is 5.41 Å². The number of nitrogens with one attached hydrogen (secondary N) is 1. The Labute approximate surface area is 103 Å². The van der Waals surface area contributed by atoms with Crippen LogP contribution >= 0.6 is 23.4 Å². The largest absolute Gasteiger partial charge is 0.467 e. The van der Waals surface area contributed by atoms with Gasteiger partial charge in [-0.05, 0) is 12.1 Å². The summed E-state index contributed by atoms with van der Waals surface area (Å²) in [6.45, 7) is 0.764. The summed E-state index contributed by atoms with van der Waals surface area (Å²) in [7, 11) is 0. The first-order chi connectivity index (χ1) is 7.66. The summed E-state index contributed by atoms with van der Waals surface area (Å²) < 4.78 is 10.6. The van der Waals surface area contributed by atoms with Gasteiger partial charge >= 0.3 is 0 Å². The first kappa shape index (κ1) is 11.6. The van der Waals surface area contributed by atoms with E-state index in [1.54, 1.807) is 0 Å². The Morgan fingerprint density at radius 2 is 2.38 bits per heavy atom. The molecule has 86 valence electrons. The molecule has 6 heteroatoms. The summed E-state index contributed by atoms with van der Waals surface area (Å²) >= 11 is 7.24. The number of halogens is 1. The van der Waals surface area contributed by atoms with Crippen LogP contribution in [0.1, 0.15) is 11.1 Å². The Morgan fingerprint density at radius 1 is 1.56 bits per heavy atom. The minimum atomic E-state index is 0.0841. The summed E-state index contributed by atoms with van der Waals surface area (Å²) in [6, 6.07) is 3.67. The molecule has 3 N–H and O–H groups in total. The van der Waals surface area contributed by atoms with E-state index in [1.165, 1.54) is 11.8 Å². The van der Waals surface area contributed by atoms with Gasteiger partial charge in [-0.25, -0.2) is 0 Å². The smallest absolute Gasteiger partial charge is 0.189 e. The molecule has 0 saturated carbocycles. The molecule has 16 heavy (non-hydrogen) atoms.